The van der Waals surface area contributed by atoms with Crippen LogP contribution in [0.4, 0.5) is 0 Å². The third-order valence-electron chi connectivity index (χ3n) is 4.67. The molecule has 0 radical (unpaired) electrons. The van der Waals surface area contributed by atoms with Crippen molar-refractivity contribution in [3.05, 3.63) is 11.1 Å². The zero-order valence-corrected chi connectivity index (χ0v) is 12.3. The molecule has 18 heavy (non-hydrogen) atoms. The highest BCUT2D eigenvalue weighted by Gasteiger charge is 2.38. The van der Waals surface area contributed by atoms with Gasteiger partial charge in [-0.2, -0.15) is 0 Å². The smallest absolute Gasteiger partial charge is 0.247 e. The minimum Gasteiger partial charge on any atom is -0.346 e. The monoisotopic (exact) mass is 249 g/mol. The van der Waals surface area contributed by atoms with Gasteiger partial charge in [-0.1, -0.05) is 40.5 Å². The Bertz CT molecular complexity index is 362. The van der Waals surface area contributed by atoms with Gasteiger partial charge in [0.25, 0.3) is 0 Å². The van der Waals surface area contributed by atoms with Gasteiger partial charge < -0.3 is 5.32 Å². The first-order chi connectivity index (χ1) is 8.43. The molecule has 2 atom stereocenters. The highest BCUT2D eigenvalue weighted by Crippen LogP contribution is 2.43. The molecule has 0 aromatic rings. The third-order valence-corrected chi connectivity index (χ3v) is 4.67. The van der Waals surface area contributed by atoms with Crippen LogP contribution in [-0.2, 0) is 4.79 Å². The average Bonchev–Trinajstić information content (AvgIpc) is 2.62. The molecular weight excluding hydrogens is 222 g/mol. The van der Waals surface area contributed by atoms with Crippen LogP contribution in [0.3, 0.4) is 0 Å². The summed E-state index contributed by atoms with van der Waals surface area (Å²) < 4.78 is 0. The Kier molecular flexibility index (Phi) is 3.84. The summed E-state index contributed by atoms with van der Waals surface area (Å²) in [6.07, 6.45) is 6.84. The summed E-state index contributed by atoms with van der Waals surface area (Å²) in [5, 5.41) is 3.19. The fourth-order valence-corrected chi connectivity index (χ4v) is 3.31. The van der Waals surface area contributed by atoms with E-state index in [1.165, 1.54) is 24.8 Å². The molecule has 1 amide bonds. The molecule has 0 aromatic heterocycles. The second kappa shape index (κ2) is 5.07. The Labute approximate surface area is 111 Å². The van der Waals surface area contributed by atoms with E-state index in [0.29, 0.717) is 11.5 Å². The lowest BCUT2D eigenvalue weighted by atomic mass is 9.70. The molecule has 1 unspecified atom stereocenters. The quantitative estimate of drug-likeness (QED) is 0.809. The molecular formula is C16H27NO. The maximum absolute atomic E-state index is 12.0. The van der Waals surface area contributed by atoms with E-state index in [2.05, 4.69) is 33.0 Å². The lowest BCUT2D eigenvalue weighted by Crippen LogP contribution is -2.30. The van der Waals surface area contributed by atoms with Crippen molar-refractivity contribution in [2.75, 3.05) is 0 Å². The SMILES string of the molecule is CCCC[C@@H]1NC(=O)C2=C1CC(C(C)(C)C)CC2. The van der Waals surface area contributed by atoms with Gasteiger partial charge in [-0.25, -0.2) is 0 Å². The number of hydrogen-bond acceptors (Lipinski definition) is 1. The molecule has 1 N–H and O–H groups in total. The predicted molar refractivity (Wildman–Crippen MR) is 75.3 cm³/mol. The Morgan fingerprint density at radius 1 is 1.33 bits per heavy atom. The van der Waals surface area contributed by atoms with Crippen LogP contribution in [0.1, 0.15) is 66.2 Å². The number of carbonyl (C=O) groups is 1. The standard InChI is InChI=1S/C16H27NO/c1-5-6-7-14-13-10-11(16(2,3)4)8-9-12(13)15(18)17-14/h11,14H,5-10H2,1-4H3,(H,17,18)/t11?,14-/m0/s1. The minimum absolute atomic E-state index is 0.221. The topological polar surface area (TPSA) is 29.1 Å². The first kappa shape index (κ1) is 13.6. The molecule has 1 aliphatic heterocycles. The van der Waals surface area contributed by atoms with Gasteiger partial charge in [-0.3, -0.25) is 4.79 Å². The van der Waals surface area contributed by atoms with Crippen LogP contribution in [0.2, 0.25) is 0 Å². The molecule has 0 fully saturated rings. The van der Waals surface area contributed by atoms with Gasteiger partial charge in [0.1, 0.15) is 0 Å². The maximum atomic E-state index is 12.0. The van der Waals surface area contributed by atoms with Crippen LogP contribution in [0.5, 0.6) is 0 Å². The third kappa shape index (κ3) is 2.62. The fourth-order valence-electron chi connectivity index (χ4n) is 3.31. The molecule has 2 rings (SSSR count). The minimum atomic E-state index is 0.221. The van der Waals surface area contributed by atoms with Crippen LogP contribution in [0.15, 0.2) is 11.1 Å². The molecule has 102 valence electrons. The van der Waals surface area contributed by atoms with E-state index in [-0.39, 0.29) is 5.91 Å². The average molecular weight is 249 g/mol. The predicted octanol–water partition coefficient (Wildman–Crippen LogP) is 3.82. The van der Waals surface area contributed by atoms with Gasteiger partial charge in [0.05, 0.1) is 6.04 Å². The summed E-state index contributed by atoms with van der Waals surface area (Å²) in [5.41, 5.74) is 2.93. The van der Waals surface area contributed by atoms with Crippen molar-refractivity contribution >= 4 is 5.91 Å². The molecule has 1 heterocycles. The van der Waals surface area contributed by atoms with Gasteiger partial charge in [0, 0.05) is 5.57 Å². The Balaban J connectivity index is 2.12. The van der Waals surface area contributed by atoms with E-state index in [1.807, 2.05) is 0 Å². The molecule has 0 saturated carbocycles. The molecule has 0 bridgehead atoms. The van der Waals surface area contributed by atoms with Gasteiger partial charge in [-0.15, -0.1) is 0 Å². The Morgan fingerprint density at radius 3 is 2.67 bits per heavy atom. The van der Waals surface area contributed by atoms with E-state index in [4.69, 9.17) is 0 Å². The van der Waals surface area contributed by atoms with Crippen molar-refractivity contribution in [3.8, 4) is 0 Å². The van der Waals surface area contributed by atoms with E-state index in [0.717, 1.165) is 30.8 Å². The number of amides is 1. The fraction of sp³-hybridized carbons (Fsp3) is 0.812. The second-order valence-electron chi connectivity index (χ2n) is 6.98. The highest BCUT2D eigenvalue weighted by atomic mass is 16.2. The number of nitrogens with one attached hydrogen (secondary N) is 1. The highest BCUT2D eigenvalue weighted by molar-refractivity contribution is 5.97. The lowest BCUT2D eigenvalue weighted by Gasteiger charge is -2.35. The first-order valence-corrected chi connectivity index (χ1v) is 7.46. The summed E-state index contributed by atoms with van der Waals surface area (Å²) >= 11 is 0. The van der Waals surface area contributed by atoms with Crippen molar-refractivity contribution in [1.29, 1.82) is 0 Å². The van der Waals surface area contributed by atoms with Crippen molar-refractivity contribution < 1.29 is 4.79 Å². The summed E-state index contributed by atoms with van der Waals surface area (Å²) in [6.45, 7) is 9.20. The molecule has 0 aromatic carbocycles. The molecule has 2 nitrogen and oxygen atoms in total. The number of unbranched alkanes of at least 4 members (excludes halogenated alkanes) is 1. The van der Waals surface area contributed by atoms with Crippen LogP contribution in [0, 0.1) is 11.3 Å². The lowest BCUT2D eigenvalue weighted by molar-refractivity contribution is -0.117. The largest absolute Gasteiger partial charge is 0.346 e. The molecule has 2 heteroatoms. The van der Waals surface area contributed by atoms with E-state index in [9.17, 15) is 4.79 Å². The maximum Gasteiger partial charge on any atom is 0.247 e. The zero-order chi connectivity index (χ0) is 13.3. The summed E-state index contributed by atoms with van der Waals surface area (Å²) in [6, 6.07) is 0.345. The number of hydrogen-bond donors (Lipinski definition) is 1. The summed E-state index contributed by atoms with van der Waals surface area (Å²) in [7, 11) is 0. The first-order valence-electron chi connectivity index (χ1n) is 7.46. The van der Waals surface area contributed by atoms with E-state index in [1.54, 1.807) is 0 Å². The van der Waals surface area contributed by atoms with Crippen LogP contribution in [-0.4, -0.2) is 11.9 Å². The van der Waals surface area contributed by atoms with Crippen molar-refractivity contribution in [3.63, 3.8) is 0 Å². The van der Waals surface area contributed by atoms with Gasteiger partial charge >= 0.3 is 0 Å². The number of carbonyl (C=O) groups excluding carboxylic acids is 1. The van der Waals surface area contributed by atoms with Crippen molar-refractivity contribution in [2.24, 2.45) is 11.3 Å². The van der Waals surface area contributed by atoms with Crippen molar-refractivity contribution in [2.45, 2.75) is 72.3 Å². The van der Waals surface area contributed by atoms with Crippen LogP contribution >= 0.6 is 0 Å². The second-order valence-corrected chi connectivity index (χ2v) is 6.98. The Hall–Kier alpha value is -0.790. The summed E-state index contributed by atoms with van der Waals surface area (Å²) in [4.78, 5) is 12.0. The molecule has 1 aliphatic carbocycles. The van der Waals surface area contributed by atoms with Gasteiger partial charge in [0.15, 0.2) is 0 Å². The van der Waals surface area contributed by atoms with Crippen molar-refractivity contribution in [1.82, 2.24) is 5.32 Å². The van der Waals surface area contributed by atoms with Gasteiger partial charge in [0.2, 0.25) is 5.91 Å². The molecule has 2 aliphatic rings. The van der Waals surface area contributed by atoms with Gasteiger partial charge in [-0.05, 0) is 42.6 Å². The van der Waals surface area contributed by atoms with Crippen LogP contribution in [0.25, 0.3) is 0 Å². The zero-order valence-electron chi connectivity index (χ0n) is 12.3. The van der Waals surface area contributed by atoms with E-state index >= 15 is 0 Å². The van der Waals surface area contributed by atoms with Crippen LogP contribution < -0.4 is 5.32 Å². The Morgan fingerprint density at radius 2 is 2.06 bits per heavy atom. The summed E-state index contributed by atoms with van der Waals surface area (Å²) in [5.74, 6) is 0.950. The van der Waals surface area contributed by atoms with E-state index < -0.39 is 0 Å². The molecule has 0 saturated heterocycles. The molecule has 0 spiro atoms. The normalized spacial score (nSPS) is 28.3. The number of rotatable bonds is 3.